The van der Waals surface area contributed by atoms with Gasteiger partial charge in [0.15, 0.2) is 0 Å². The zero-order valence-corrected chi connectivity index (χ0v) is 7.69. The molecular weight excluding hydrogens is 159 g/mol. The average Bonchev–Trinajstić information content (AvgIpc) is 1.25. The monoisotopic (exact) mass is 164 g/mol. The fourth-order valence-corrected chi connectivity index (χ4v) is 0. The number of hydrogen-bond acceptors (Lipinski definition) is 3. The van der Waals surface area contributed by atoms with Gasteiger partial charge in [-0.1, -0.05) is 0 Å². The Morgan fingerprint density at radius 1 is 1.33 bits per heavy atom. The molecule has 0 radical (unpaired) electrons. The number of rotatable bonds is 0. The summed E-state index contributed by atoms with van der Waals surface area (Å²) in [5.74, 6) is 0. The van der Waals surface area contributed by atoms with Crippen molar-refractivity contribution in [1.29, 1.82) is 0 Å². The second-order valence-corrected chi connectivity index (χ2v) is 0.548. The zero-order valence-electron chi connectivity index (χ0n) is 6.57. The molecule has 3 N–H and O–H groups in total. The topological polar surface area (TPSA) is 118 Å². The van der Waals surface area contributed by atoms with Crippen LogP contribution < -0.4 is 56.5 Å². The predicted octanol–water partition coefficient (Wildman–Crippen LogP) is -3.66. The minimum atomic E-state index is -2.08. The van der Waals surface area contributed by atoms with Crippen LogP contribution in [-0.4, -0.2) is 27.6 Å². The zero-order chi connectivity index (χ0) is 7.15. The molecule has 0 heterocycles. The maximum atomic E-state index is 8.56. The van der Waals surface area contributed by atoms with Crippen molar-refractivity contribution in [3.05, 3.63) is 0 Å². The summed E-state index contributed by atoms with van der Waals surface area (Å²) >= 11 is 0. The van der Waals surface area contributed by atoms with Gasteiger partial charge in [0.25, 0.3) is 0 Å². The van der Waals surface area contributed by atoms with Gasteiger partial charge in [0.05, 0.1) is 0 Å². The third kappa shape index (κ3) is 10000. The molecule has 0 saturated heterocycles. The minimum Gasteiger partial charge on any atom is -1.00 e. The van der Waals surface area contributed by atoms with Crippen LogP contribution in [0.3, 0.4) is 0 Å². The molecule has 0 aliphatic heterocycles. The molecule has 0 unspecified atom stereocenters. The molecule has 0 aromatic carbocycles. The summed E-state index contributed by atoms with van der Waals surface area (Å²) in [6.45, 7) is 0. The summed E-state index contributed by atoms with van der Waals surface area (Å²) in [7, 11) is 0. The van der Waals surface area contributed by atoms with Crippen molar-refractivity contribution in [2.75, 3.05) is 0 Å². The van der Waals surface area contributed by atoms with E-state index in [0.717, 1.165) is 0 Å². The standard InChI is InChI=1S/2CH2O3.K.H/c2*2-1(3)4;;/h2*(H2,2,3,4);;/q;;+1;-1. The number of carbonyl (C=O) groups is 2. The Morgan fingerprint density at radius 3 is 1.33 bits per heavy atom. The molecular formula is C2H5KO6. The summed E-state index contributed by atoms with van der Waals surface area (Å²) in [6, 6.07) is 0. The van der Waals surface area contributed by atoms with Crippen molar-refractivity contribution in [3.8, 4) is 0 Å². The van der Waals surface area contributed by atoms with Crippen LogP contribution in [0.15, 0.2) is 0 Å². The van der Waals surface area contributed by atoms with E-state index in [-0.39, 0.29) is 54.2 Å². The Labute approximate surface area is 95.5 Å². The van der Waals surface area contributed by atoms with Crippen molar-refractivity contribution >= 4 is 12.3 Å². The molecule has 0 aromatic rings. The van der Waals surface area contributed by atoms with Gasteiger partial charge in [-0.2, -0.15) is 0 Å². The maximum Gasteiger partial charge on any atom is 1.00 e. The molecule has 0 atom stereocenters. The van der Waals surface area contributed by atoms with Gasteiger partial charge < -0.3 is 26.6 Å². The van der Waals surface area contributed by atoms with E-state index in [1.54, 1.807) is 0 Å². The summed E-state index contributed by atoms with van der Waals surface area (Å²) in [6.07, 6.45) is -3.92. The third-order valence-corrected chi connectivity index (χ3v) is 0. The fourth-order valence-electron chi connectivity index (χ4n) is 0. The molecule has 0 aliphatic rings. The van der Waals surface area contributed by atoms with E-state index in [4.69, 9.17) is 30.0 Å². The molecule has 7 heteroatoms. The van der Waals surface area contributed by atoms with Gasteiger partial charge in [0, 0.05) is 0 Å². The first-order chi connectivity index (χ1) is 3.46. The number of carboxylic acid groups (broad SMARTS) is 4. The summed E-state index contributed by atoms with van der Waals surface area (Å²) in [5.41, 5.74) is 0. The van der Waals surface area contributed by atoms with Crippen LogP contribution in [0.2, 0.25) is 0 Å². The van der Waals surface area contributed by atoms with Crippen LogP contribution in [0, 0.1) is 0 Å². The first kappa shape index (κ1) is 16.1. The third-order valence-electron chi connectivity index (χ3n) is 0. The second kappa shape index (κ2) is 11.0. The Kier molecular flexibility index (Phi) is 19.7. The van der Waals surface area contributed by atoms with E-state index in [9.17, 15) is 0 Å². The smallest absolute Gasteiger partial charge is 1.00 e. The fraction of sp³-hybridized carbons (Fsp3) is 0. The maximum absolute atomic E-state index is 8.56. The van der Waals surface area contributed by atoms with Crippen LogP contribution in [0.5, 0.6) is 0 Å². The Balaban J connectivity index is -0.0000000171. The average molecular weight is 164 g/mol. The molecule has 0 aliphatic carbocycles. The van der Waals surface area contributed by atoms with Crippen molar-refractivity contribution in [2.24, 2.45) is 0 Å². The van der Waals surface area contributed by atoms with Crippen LogP contribution in [0.25, 0.3) is 0 Å². The first-order valence-electron chi connectivity index (χ1n) is 1.28. The van der Waals surface area contributed by atoms with Crippen molar-refractivity contribution < 1.29 is 84.3 Å². The minimum absolute atomic E-state index is 0. The Morgan fingerprint density at radius 2 is 1.33 bits per heavy atom. The predicted molar refractivity (Wildman–Crippen MR) is 20.9 cm³/mol. The Bertz CT molecular complexity index is 76.6. The van der Waals surface area contributed by atoms with Crippen molar-refractivity contribution in [2.45, 2.75) is 0 Å². The van der Waals surface area contributed by atoms with E-state index in [0.29, 0.717) is 0 Å². The molecule has 50 valence electrons. The summed E-state index contributed by atoms with van der Waals surface area (Å²) in [5, 5.41) is 29.2. The van der Waals surface area contributed by atoms with Crippen LogP contribution >= 0.6 is 0 Å². The van der Waals surface area contributed by atoms with Gasteiger partial charge in [-0.15, -0.1) is 0 Å². The summed E-state index contributed by atoms with van der Waals surface area (Å²) < 4.78 is 0. The first-order valence-corrected chi connectivity index (χ1v) is 1.28. The molecule has 0 fully saturated rings. The second-order valence-electron chi connectivity index (χ2n) is 0.548. The van der Waals surface area contributed by atoms with Crippen LogP contribution in [0.1, 0.15) is 2.85 Å². The van der Waals surface area contributed by atoms with Gasteiger partial charge in [-0.25, -0.2) is 4.79 Å². The van der Waals surface area contributed by atoms with E-state index in [2.05, 4.69) is 0 Å². The molecule has 6 nitrogen and oxygen atoms in total. The SMILES string of the molecule is O=C(O)O.O=C([O-])O.[H+].[H-].[K+]. The molecule has 9 heavy (non-hydrogen) atoms. The van der Waals surface area contributed by atoms with Crippen LogP contribution in [0.4, 0.5) is 9.59 Å². The van der Waals surface area contributed by atoms with Gasteiger partial charge in [0.1, 0.15) is 0 Å². The molecule has 0 bridgehead atoms. The normalized spacial score (nSPS) is 5.33. The van der Waals surface area contributed by atoms with Gasteiger partial charge in [-0.3, -0.25) is 0 Å². The van der Waals surface area contributed by atoms with Gasteiger partial charge in [0.2, 0.25) is 6.16 Å². The van der Waals surface area contributed by atoms with Crippen LogP contribution in [-0.2, 0) is 0 Å². The molecule has 0 rings (SSSR count). The van der Waals surface area contributed by atoms with E-state index in [1.165, 1.54) is 0 Å². The molecule has 0 spiro atoms. The van der Waals surface area contributed by atoms with Gasteiger partial charge >= 0.3 is 59.0 Å². The molecule has 0 aromatic heterocycles. The van der Waals surface area contributed by atoms with E-state index >= 15 is 0 Å². The summed E-state index contributed by atoms with van der Waals surface area (Å²) in [4.78, 5) is 17.0. The van der Waals surface area contributed by atoms with E-state index < -0.39 is 12.3 Å². The molecule has 0 saturated carbocycles. The molecule has 0 amide bonds. The Hall–Kier alpha value is 0.176. The quantitative estimate of drug-likeness (QED) is 0.317. The van der Waals surface area contributed by atoms with Crippen molar-refractivity contribution in [3.63, 3.8) is 0 Å². The largest absolute Gasteiger partial charge is 1.00 e. The van der Waals surface area contributed by atoms with Crippen molar-refractivity contribution in [1.82, 2.24) is 0 Å². The van der Waals surface area contributed by atoms with Gasteiger partial charge in [-0.05, 0) is 0 Å². The van der Waals surface area contributed by atoms with E-state index in [1.807, 2.05) is 0 Å². The number of hydrogen-bond donors (Lipinski definition) is 3.